The number of hydrogen-bond acceptors (Lipinski definition) is 7. The first-order valence-electron chi connectivity index (χ1n) is 11.0. The number of methoxy groups -OCH3 is 1. The molecule has 0 saturated carbocycles. The number of carbonyl (C=O) groups excluding carboxylic acids is 2. The van der Waals surface area contributed by atoms with E-state index in [0.29, 0.717) is 43.3 Å². The Morgan fingerprint density at radius 1 is 1.09 bits per heavy atom. The summed E-state index contributed by atoms with van der Waals surface area (Å²) in [6.07, 6.45) is 0.485. The lowest BCUT2D eigenvalue weighted by Gasteiger charge is -2.25. The summed E-state index contributed by atoms with van der Waals surface area (Å²) in [5, 5.41) is 21.3. The lowest BCUT2D eigenvalue weighted by atomic mass is 9.94. The average Bonchev–Trinajstić information content (AvgIpc) is 3.06. The number of carbonyl (C=O) groups is 2. The fourth-order valence-electron chi connectivity index (χ4n) is 3.90. The lowest BCUT2D eigenvalue weighted by Crippen LogP contribution is -2.31. The molecule has 2 aromatic carbocycles. The summed E-state index contributed by atoms with van der Waals surface area (Å²) >= 11 is 6.13. The van der Waals surface area contributed by atoms with E-state index < -0.39 is 17.7 Å². The van der Waals surface area contributed by atoms with Crippen molar-refractivity contribution in [3.8, 4) is 17.2 Å². The van der Waals surface area contributed by atoms with Gasteiger partial charge in [0.2, 0.25) is 0 Å². The Morgan fingerprint density at radius 3 is 2.47 bits per heavy atom. The number of aliphatic hydroxyl groups excluding tert-OH is 1. The van der Waals surface area contributed by atoms with Crippen LogP contribution in [0.3, 0.4) is 0 Å². The zero-order chi connectivity index (χ0) is 24.8. The molecule has 1 unspecified atom stereocenters. The Morgan fingerprint density at radius 2 is 1.82 bits per heavy atom. The number of hydrogen-bond donors (Lipinski definition) is 2. The van der Waals surface area contributed by atoms with Crippen LogP contribution in [0.25, 0.3) is 5.76 Å². The molecule has 182 valence electrons. The number of rotatable bonds is 10. The minimum absolute atomic E-state index is 0.0658. The number of ether oxygens (including phenoxy) is 3. The second-order valence-electron chi connectivity index (χ2n) is 7.57. The average molecular weight is 490 g/mol. The minimum Gasteiger partial charge on any atom is -0.507 e. The predicted molar refractivity (Wildman–Crippen MR) is 127 cm³/mol. The Kier molecular flexibility index (Phi) is 8.41. The van der Waals surface area contributed by atoms with Gasteiger partial charge in [-0.15, -0.1) is 0 Å². The highest BCUT2D eigenvalue weighted by Crippen LogP contribution is 2.43. The molecule has 1 atom stereocenters. The Bertz CT molecular complexity index is 1100. The van der Waals surface area contributed by atoms with Crippen molar-refractivity contribution < 1.29 is 34.0 Å². The first kappa shape index (κ1) is 25.4. The fourth-order valence-corrected chi connectivity index (χ4v) is 4.09. The summed E-state index contributed by atoms with van der Waals surface area (Å²) in [6.45, 7) is 5.02. The smallest absolute Gasteiger partial charge is 0.295 e. The van der Waals surface area contributed by atoms with Gasteiger partial charge < -0.3 is 29.3 Å². The zero-order valence-corrected chi connectivity index (χ0v) is 20.1. The van der Waals surface area contributed by atoms with E-state index in [4.69, 9.17) is 25.8 Å². The summed E-state index contributed by atoms with van der Waals surface area (Å²) in [4.78, 5) is 27.5. The molecular weight excluding hydrogens is 462 g/mol. The van der Waals surface area contributed by atoms with Crippen LogP contribution in [-0.4, -0.2) is 60.3 Å². The molecule has 8 nitrogen and oxygen atoms in total. The minimum atomic E-state index is -0.906. The van der Waals surface area contributed by atoms with Crippen LogP contribution in [0.5, 0.6) is 17.2 Å². The molecule has 0 aliphatic carbocycles. The van der Waals surface area contributed by atoms with Gasteiger partial charge in [-0.2, -0.15) is 0 Å². The Balaban J connectivity index is 2.18. The first-order valence-corrected chi connectivity index (χ1v) is 11.4. The molecule has 0 bridgehead atoms. The van der Waals surface area contributed by atoms with Crippen molar-refractivity contribution in [2.45, 2.75) is 26.3 Å². The van der Waals surface area contributed by atoms with Crippen molar-refractivity contribution in [1.29, 1.82) is 0 Å². The van der Waals surface area contributed by atoms with Crippen LogP contribution in [0.15, 0.2) is 42.0 Å². The molecule has 0 spiro atoms. The number of Topliss-reactive ketones (excluding diaryl/α,β-unsaturated/α-hetero) is 1. The van der Waals surface area contributed by atoms with E-state index in [1.807, 2.05) is 6.92 Å². The van der Waals surface area contributed by atoms with Crippen LogP contribution >= 0.6 is 11.6 Å². The molecule has 34 heavy (non-hydrogen) atoms. The van der Waals surface area contributed by atoms with Gasteiger partial charge in [-0.25, -0.2) is 0 Å². The summed E-state index contributed by atoms with van der Waals surface area (Å²) in [7, 11) is 1.55. The zero-order valence-electron chi connectivity index (χ0n) is 19.3. The number of amides is 1. The van der Waals surface area contributed by atoms with Crippen LogP contribution < -0.4 is 9.47 Å². The van der Waals surface area contributed by atoms with Crippen LogP contribution in [0.2, 0.25) is 5.02 Å². The SMILES string of the molecule is CCOc1ccc(/C(O)=C2/C(=O)C(=O)N(CCCOC)C2c2ccc(O)c(Cl)c2)c(OCC)c1. The molecule has 0 aromatic heterocycles. The van der Waals surface area contributed by atoms with E-state index in [2.05, 4.69) is 0 Å². The standard InChI is InChI=1S/C25H28ClNO7/c1-4-33-16-8-9-17(20(14-16)34-5-2)23(29)21-22(15-7-10-19(28)18(26)13-15)27(11-6-12-32-3)25(31)24(21)30/h7-10,13-14,22,28-29H,4-6,11-12H2,1-3H3/b23-21-. The molecule has 1 heterocycles. The highest BCUT2D eigenvalue weighted by Gasteiger charge is 2.46. The highest BCUT2D eigenvalue weighted by molar-refractivity contribution is 6.46. The topological polar surface area (TPSA) is 106 Å². The molecule has 0 radical (unpaired) electrons. The van der Waals surface area contributed by atoms with E-state index in [0.717, 1.165) is 0 Å². The summed E-state index contributed by atoms with van der Waals surface area (Å²) in [5.74, 6) is -1.19. The lowest BCUT2D eigenvalue weighted by molar-refractivity contribution is -0.140. The molecule has 2 aromatic rings. The maximum Gasteiger partial charge on any atom is 0.295 e. The molecule has 1 fully saturated rings. The molecule has 9 heteroatoms. The van der Waals surface area contributed by atoms with Gasteiger partial charge in [-0.3, -0.25) is 9.59 Å². The van der Waals surface area contributed by atoms with Gasteiger partial charge in [0.1, 0.15) is 23.0 Å². The number of phenols is 1. The van der Waals surface area contributed by atoms with E-state index in [1.165, 1.54) is 17.0 Å². The number of likely N-dealkylation sites (tertiary alicyclic amines) is 1. The largest absolute Gasteiger partial charge is 0.507 e. The number of nitrogens with zero attached hydrogens (tertiary/aromatic N) is 1. The Labute approximate surface area is 203 Å². The molecule has 1 aliphatic heterocycles. The third-order valence-electron chi connectivity index (χ3n) is 5.39. The monoisotopic (exact) mass is 489 g/mol. The van der Waals surface area contributed by atoms with Crippen molar-refractivity contribution >= 4 is 29.1 Å². The van der Waals surface area contributed by atoms with Crippen molar-refractivity contribution in [1.82, 2.24) is 4.90 Å². The second-order valence-corrected chi connectivity index (χ2v) is 7.98. The molecule has 1 amide bonds. The molecule has 3 rings (SSSR count). The highest BCUT2D eigenvalue weighted by atomic mass is 35.5. The molecule has 2 N–H and O–H groups in total. The van der Waals surface area contributed by atoms with Gasteiger partial charge in [0.25, 0.3) is 11.7 Å². The second kappa shape index (κ2) is 11.3. The normalized spacial score (nSPS) is 17.3. The number of aromatic hydroxyl groups is 1. The number of halogens is 1. The van der Waals surface area contributed by atoms with E-state index >= 15 is 0 Å². The van der Waals surface area contributed by atoms with E-state index in [9.17, 15) is 19.8 Å². The Hall–Kier alpha value is -3.23. The summed E-state index contributed by atoms with van der Waals surface area (Å²) in [6, 6.07) is 8.39. The third-order valence-corrected chi connectivity index (χ3v) is 5.70. The van der Waals surface area contributed by atoms with Crippen LogP contribution in [0.4, 0.5) is 0 Å². The first-order chi connectivity index (χ1) is 16.3. The summed E-state index contributed by atoms with van der Waals surface area (Å²) in [5.41, 5.74) is 0.647. The van der Waals surface area contributed by atoms with Gasteiger partial charge in [0, 0.05) is 26.3 Å². The molecule has 1 aliphatic rings. The number of ketones is 1. The van der Waals surface area contributed by atoms with E-state index in [-0.39, 0.29) is 34.2 Å². The molecular formula is C25H28ClNO7. The predicted octanol–water partition coefficient (Wildman–Crippen LogP) is 4.30. The van der Waals surface area contributed by atoms with E-state index in [1.54, 1.807) is 38.3 Å². The third kappa shape index (κ3) is 5.13. The van der Waals surface area contributed by atoms with Crippen LogP contribution in [-0.2, 0) is 14.3 Å². The van der Waals surface area contributed by atoms with Crippen molar-refractivity contribution in [3.05, 3.63) is 58.1 Å². The summed E-state index contributed by atoms with van der Waals surface area (Å²) < 4.78 is 16.3. The van der Waals surface area contributed by atoms with Crippen molar-refractivity contribution in [2.24, 2.45) is 0 Å². The quantitative estimate of drug-likeness (QED) is 0.222. The van der Waals surface area contributed by atoms with Crippen molar-refractivity contribution in [3.63, 3.8) is 0 Å². The maximum absolute atomic E-state index is 13.1. The van der Waals surface area contributed by atoms with Crippen LogP contribution in [0, 0.1) is 0 Å². The number of aliphatic hydroxyl groups is 1. The van der Waals surface area contributed by atoms with Gasteiger partial charge in [0.05, 0.1) is 35.4 Å². The van der Waals surface area contributed by atoms with Gasteiger partial charge in [0.15, 0.2) is 0 Å². The van der Waals surface area contributed by atoms with Gasteiger partial charge in [-0.05, 0) is 50.1 Å². The van der Waals surface area contributed by atoms with Crippen LogP contribution in [0.1, 0.15) is 37.4 Å². The van der Waals surface area contributed by atoms with Crippen molar-refractivity contribution in [2.75, 3.05) is 33.5 Å². The van der Waals surface area contributed by atoms with Gasteiger partial charge in [-0.1, -0.05) is 17.7 Å². The number of benzene rings is 2. The fraction of sp³-hybridized carbons (Fsp3) is 0.360. The molecule has 1 saturated heterocycles. The number of phenolic OH excluding ortho intramolecular Hbond substituents is 1. The van der Waals surface area contributed by atoms with Gasteiger partial charge >= 0.3 is 0 Å². The maximum atomic E-state index is 13.1.